The number of nitrogens with zero attached hydrogens (tertiary/aromatic N) is 2. The molecule has 1 aliphatic rings. The molecule has 2 amide bonds. The Balaban J connectivity index is 1.74. The Morgan fingerprint density at radius 2 is 2.33 bits per heavy atom. The molecule has 2 unspecified atom stereocenters. The van der Waals surface area contributed by atoms with Crippen LogP contribution in [-0.2, 0) is 0 Å². The van der Waals surface area contributed by atoms with Crippen molar-refractivity contribution in [3.05, 3.63) is 36.2 Å². The van der Waals surface area contributed by atoms with Gasteiger partial charge in [0.2, 0.25) is 5.89 Å². The van der Waals surface area contributed by atoms with E-state index in [1.807, 2.05) is 31.2 Å². The van der Waals surface area contributed by atoms with E-state index in [0.29, 0.717) is 24.0 Å². The van der Waals surface area contributed by atoms with Gasteiger partial charge in [0, 0.05) is 17.8 Å². The number of nitrogens with one attached hydrogen (secondary N) is 1. The third kappa shape index (κ3) is 3.43. The summed E-state index contributed by atoms with van der Waals surface area (Å²) in [6.45, 7) is 4.57. The summed E-state index contributed by atoms with van der Waals surface area (Å²) in [4.78, 5) is 18.5. The maximum absolute atomic E-state index is 12.6. The quantitative estimate of drug-likeness (QED) is 0.906. The Morgan fingerprint density at radius 3 is 3.04 bits per heavy atom. The van der Waals surface area contributed by atoms with E-state index in [0.717, 1.165) is 24.2 Å². The van der Waals surface area contributed by atoms with Gasteiger partial charge in [0.15, 0.2) is 0 Å². The molecule has 2 atom stereocenters. The van der Waals surface area contributed by atoms with Crippen LogP contribution >= 0.6 is 0 Å². The molecule has 1 fully saturated rings. The molecule has 128 valence electrons. The number of aliphatic hydroxyl groups excluding tert-OH is 1. The van der Waals surface area contributed by atoms with E-state index in [1.54, 1.807) is 11.1 Å². The van der Waals surface area contributed by atoms with Crippen molar-refractivity contribution >= 4 is 11.7 Å². The first kappa shape index (κ1) is 16.5. The Hall–Kier alpha value is -2.34. The highest BCUT2D eigenvalue weighted by Gasteiger charge is 2.31. The lowest BCUT2D eigenvalue weighted by atomic mass is 9.91. The largest absolute Gasteiger partial charge is 0.441 e. The van der Waals surface area contributed by atoms with Gasteiger partial charge in [-0.05, 0) is 43.9 Å². The van der Waals surface area contributed by atoms with Gasteiger partial charge in [-0.25, -0.2) is 9.78 Å². The molecule has 0 radical (unpaired) electrons. The molecule has 0 spiro atoms. The van der Waals surface area contributed by atoms with Crippen molar-refractivity contribution in [2.75, 3.05) is 18.5 Å². The normalized spacial score (nSPS) is 20.9. The first-order chi connectivity index (χ1) is 11.6. The number of anilines is 1. The standard InChI is InChI=1S/C18H23N3O3/c1-12-5-4-8-21(16(12)11-22)18(23)20-15-7-3-6-14(9-15)17-19-10-13(2)24-17/h3,6-7,9-10,12,16,22H,4-5,8,11H2,1-2H3,(H,20,23). The highest BCUT2D eigenvalue weighted by Crippen LogP contribution is 2.25. The molecule has 2 aromatic rings. The molecule has 6 heteroatoms. The second-order valence-electron chi connectivity index (χ2n) is 6.35. The van der Waals surface area contributed by atoms with Crippen molar-refractivity contribution < 1.29 is 14.3 Å². The predicted molar refractivity (Wildman–Crippen MR) is 91.7 cm³/mol. The second kappa shape index (κ2) is 7.05. The number of likely N-dealkylation sites (tertiary alicyclic amines) is 1. The molecule has 0 bridgehead atoms. The van der Waals surface area contributed by atoms with E-state index < -0.39 is 0 Å². The number of benzene rings is 1. The van der Waals surface area contributed by atoms with Gasteiger partial charge in [-0.3, -0.25) is 0 Å². The van der Waals surface area contributed by atoms with Crippen molar-refractivity contribution in [1.82, 2.24) is 9.88 Å². The van der Waals surface area contributed by atoms with Gasteiger partial charge in [-0.15, -0.1) is 0 Å². The van der Waals surface area contributed by atoms with Gasteiger partial charge in [0.05, 0.1) is 18.8 Å². The van der Waals surface area contributed by atoms with E-state index in [2.05, 4.69) is 17.2 Å². The van der Waals surface area contributed by atoms with Gasteiger partial charge in [-0.1, -0.05) is 13.0 Å². The number of aryl methyl sites for hydroxylation is 1. The fourth-order valence-electron chi connectivity index (χ4n) is 3.19. The van der Waals surface area contributed by atoms with Crippen molar-refractivity contribution in [3.63, 3.8) is 0 Å². The number of piperidine rings is 1. The zero-order chi connectivity index (χ0) is 17.1. The molecule has 3 rings (SSSR count). The van der Waals surface area contributed by atoms with Gasteiger partial charge in [-0.2, -0.15) is 0 Å². The molecule has 2 heterocycles. The lowest BCUT2D eigenvalue weighted by Gasteiger charge is -2.38. The van der Waals surface area contributed by atoms with Crippen LogP contribution in [-0.4, -0.2) is 40.2 Å². The van der Waals surface area contributed by atoms with E-state index in [9.17, 15) is 9.90 Å². The summed E-state index contributed by atoms with van der Waals surface area (Å²) in [5.41, 5.74) is 1.50. The number of carbonyl (C=O) groups excluding carboxylic acids is 1. The maximum Gasteiger partial charge on any atom is 0.322 e. The van der Waals surface area contributed by atoms with Crippen LogP contribution in [0, 0.1) is 12.8 Å². The van der Waals surface area contributed by atoms with Crippen LogP contribution in [0.25, 0.3) is 11.5 Å². The van der Waals surface area contributed by atoms with Crippen LogP contribution in [0.2, 0.25) is 0 Å². The fraction of sp³-hybridized carbons (Fsp3) is 0.444. The van der Waals surface area contributed by atoms with Crippen molar-refractivity contribution in [2.45, 2.75) is 32.7 Å². The molecule has 6 nitrogen and oxygen atoms in total. The number of hydrogen-bond donors (Lipinski definition) is 2. The molecule has 0 aliphatic carbocycles. The van der Waals surface area contributed by atoms with Crippen molar-refractivity contribution in [2.24, 2.45) is 5.92 Å². The number of oxazole rings is 1. The van der Waals surface area contributed by atoms with Gasteiger partial charge in [0.25, 0.3) is 0 Å². The summed E-state index contributed by atoms with van der Waals surface area (Å²) in [5, 5.41) is 12.5. The number of carbonyl (C=O) groups is 1. The third-order valence-electron chi connectivity index (χ3n) is 4.55. The van der Waals surface area contributed by atoms with Crippen LogP contribution in [0.4, 0.5) is 10.5 Å². The summed E-state index contributed by atoms with van der Waals surface area (Å²) >= 11 is 0. The smallest absolute Gasteiger partial charge is 0.322 e. The summed E-state index contributed by atoms with van der Waals surface area (Å²) in [5.74, 6) is 1.58. The minimum absolute atomic E-state index is 0.00970. The highest BCUT2D eigenvalue weighted by molar-refractivity contribution is 5.90. The number of urea groups is 1. The van der Waals surface area contributed by atoms with E-state index in [4.69, 9.17) is 4.42 Å². The summed E-state index contributed by atoms with van der Waals surface area (Å²) in [6, 6.07) is 7.11. The lowest BCUT2D eigenvalue weighted by molar-refractivity contribution is 0.0811. The Morgan fingerprint density at radius 1 is 1.50 bits per heavy atom. The van der Waals surface area contributed by atoms with Gasteiger partial charge >= 0.3 is 6.03 Å². The number of aromatic nitrogens is 1. The zero-order valence-corrected chi connectivity index (χ0v) is 14.0. The third-order valence-corrected chi connectivity index (χ3v) is 4.55. The first-order valence-electron chi connectivity index (χ1n) is 8.30. The molecule has 1 aromatic heterocycles. The van der Waals surface area contributed by atoms with Crippen LogP contribution in [0.15, 0.2) is 34.9 Å². The molecule has 1 saturated heterocycles. The lowest BCUT2D eigenvalue weighted by Crippen LogP contribution is -2.51. The van der Waals surface area contributed by atoms with Crippen LogP contribution in [0.3, 0.4) is 0 Å². The minimum atomic E-state index is -0.179. The van der Waals surface area contributed by atoms with Crippen LogP contribution in [0.5, 0.6) is 0 Å². The predicted octanol–water partition coefficient (Wildman–Crippen LogP) is 3.27. The second-order valence-corrected chi connectivity index (χ2v) is 6.35. The zero-order valence-electron chi connectivity index (χ0n) is 14.0. The first-order valence-corrected chi connectivity index (χ1v) is 8.30. The fourth-order valence-corrected chi connectivity index (χ4v) is 3.19. The van der Waals surface area contributed by atoms with Crippen molar-refractivity contribution in [3.8, 4) is 11.5 Å². The van der Waals surface area contributed by atoms with E-state index in [1.165, 1.54) is 0 Å². The molecule has 1 aliphatic heterocycles. The number of rotatable bonds is 3. The molecule has 2 N–H and O–H groups in total. The Labute approximate surface area is 141 Å². The van der Waals surface area contributed by atoms with Gasteiger partial charge in [0.1, 0.15) is 5.76 Å². The van der Waals surface area contributed by atoms with E-state index in [-0.39, 0.29) is 18.7 Å². The van der Waals surface area contributed by atoms with Crippen molar-refractivity contribution in [1.29, 1.82) is 0 Å². The summed E-state index contributed by atoms with van der Waals surface area (Å²) in [7, 11) is 0. The molecule has 0 saturated carbocycles. The monoisotopic (exact) mass is 329 g/mol. The summed E-state index contributed by atoms with van der Waals surface area (Å²) in [6.07, 6.45) is 3.66. The number of aliphatic hydroxyl groups is 1. The average molecular weight is 329 g/mol. The van der Waals surface area contributed by atoms with Crippen LogP contribution in [0.1, 0.15) is 25.5 Å². The number of amides is 2. The highest BCUT2D eigenvalue weighted by atomic mass is 16.4. The summed E-state index contributed by atoms with van der Waals surface area (Å²) < 4.78 is 5.53. The molecule has 1 aromatic carbocycles. The van der Waals surface area contributed by atoms with Gasteiger partial charge < -0.3 is 19.7 Å². The number of hydrogen-bond acceptors (Lipinski definition) is 4. The molecular formula is C18H23N3O3. The molecule has 24 heavy (non-hydrogen) atoms. The average Bonchev–Trinajstić information content (AvgIpc) is 3.01. The minimum Gasteiger partial charge on any atom is -0.441 e. The van der Waals surface area contributed by atoms with E-state index >= 15 is 0 Å². The SMILES string of the molecule is Cc1cnc(-c2cccc(NC(=O)N3CCCC(C)C3CO)c2)o1. The topological polar surface area (TPSA) is 78.6 Å². The Bertz CT molecular complexity index is 713. The van der Waals surface area contributed by atoms with Crippen LogP contribution < -0.4 is 5.32 Å². The Kier molecular flexibility index (Phi) is 4.85. The maximum atomic E-state index is 12.6. The molecular weight excluding hydrogens is 306 g/mol.